The van der Waals surface area contributed by atoms with Gasteiger partial charge >= 0.3 is 0 Å². The van der Waals surface area contributed by atoms with Crippen molar-refractivity contribution in [2.75, 3.05) is 38.1 Å². The molecule has 1 atom stereocenters. The van der Waals surface area contributed by atoms with Crippen molar-refractivity contribution >= 4 is 22.9 Å². The van der Waals surface area contributed by atoms with Crippen LogP contribution in [0.4, 0.5) is 10.1 Å². The molecule has 1 N–H and O–H groups in total. The molecule has 0 bridgehead atoms. The van der Waals surface area contributed by atoms with E-state index in [2.05, 4.69) is 22.2 Å². The zero-order valence-electron chi connectivity index (χ0n) is 14.7. The first-order chi connectivity index (χ1) is 12.0. The number of piperazine rings is 1. The number of carbonyl (C=O) groups excluding carboxylic acids is 1. The molecule has 1 fully saturated rings. The fourth-order valence-electron chi connectivity index (χ4n) is 3.16. The van der Waals surface area contributed by atoms with E-state index in [0.717, 1.165) is 43.0 Å². The molecule has 1 aromatic carbocycles. The van der Waals surface area contributed by atoms with Crippen molar-refractivity contribution < 1.29 is 9.18 Å². The maximum atomic E-state index is 13.8. The second-order valence-corrected chi connectivity index (χ2v) is 7.37. The van der Waals surface area contributed by atoms with Gasteiger partial charge in [0.25, 0.3) is 0 Å². The number of likely N-dealkylation sites (N-methyl/N-ethyl adjacent to an activating group) is 1. The largest absolute Gasteiger partial charge is 0.369 e. The molecule has 1 amide bonds. The van der Waals surface area contributed by atoms with Gasteiger partial charge in [-0.15, -0.1) is 0 Å². The molecular weight excluding hydrogens is 337 g/mol. The number of amides is 1. The van der Waals surface area contributed by atoms with Crippen LogP contribution in [-0.2, 0) is 11.2 Å². The number of hydrogen-bond donors (Lipinski definition) is 1. The third-order valence-electron chi connectivity index (χ3n) is 4.62. The van der Waals surface area contributed by atoms with Crippen molar-refractivity contribution in [3.8, 4) is 0 Å². The summed E-state index contributed by atoms with van der Waals surface area (Å²) in [5.74, 6) is -0.314. The van der Waals surface area contributed by atoms with Crippen LogP contribution in [0.1, 0.15) is 24.1 Å². The second-order valence-electron chi connectivity index (χ2n) is 6.59. The number of anilines is 1. The molecular formula is C19H24FN3OS. The minimum atomic E-state index is -0.271. The van der Waals surface area contributed by atoms with E-state index in [1.807, 2.05) is 29.8 Å². The van der Waals surface area contributed by atoms with Gasteiger partial charge in [-0.1, -0.05) is 0 Å². The molecule has 1 aromatic heterocycles. The van der Waals surface area contributed by atoms with E-state index in [1.54, 1.807) is 17.4 Å². The number of hydrogen-bond acceptors (Lipinski definition) is 4. The van der Waals surface area contributed by atoms with Gasteiger partial charge in [-0.2, -0.15) is 11.3 Å². The molecule has 0 saturated carbocycles. The van der Waals surface area contributed by atoms with Crippen LogP contribution in [0.15, 0.2) is 35.0 Å². The molecule has 0 aliphatic carbocycles. The first kappa shape index (κ1) is 17.9. The van der Waals surface area contributed by atoms with E-state index in [-0.39, 0.29) is 17.8 Å². The molecule has 2 aromatic rings. The zero-order valence-corrected chi connectivity index (χ0v) is 15.5. The molecule has 0 unspecified atom stereocenters. The Morgan fingerprint density at radius 3 is 2.72 bits per heavy atom. The monoisotopic (exact) mass is 361 g/mol. The predicted molar refractivity (Wildman–Crippen MR) is 101 cm³/mol. The van der Waals surface area contributed by atoms with E-state index < -0.39 is 0 Å². The number of nitrogens with one attached hydrogen (secondary N) is 1. The van der Waals surface area contributed by atoms with E-state index in [1.165, 1.54) is 6.07 Å². The molecule has 0 spiro atoms. The maximum absolute atomic E-state index is 13.8. The molecule has 1 aliphatic rings. The van der Waals surface area contributed by atoms with Crippen molar-refractivity contribution in [1.29, 1.82) is 0 Å². The molecule has 25 heavy (non-hydrogen) atoms. The van der Waals surface area contributed by atoms with Crippen LogP contribution >= 0.6 is 11.3 Å². The minimum absolute atomic E-state index is 0.0421. The summed E-state index contributed by atoms with van der Waals surface area (Å²) in [7, 11) is 2.11. The molecule has 3 rings (SSSR count). The summed E-state index contributed by atoms with van der Waals surface area (Å²) in [6, 6.07) is 6.58. The summed E-state index contributed by atoms with van der Waals surface area (Å²) in [5, 5.41) is 6.95. The first-order valence-electron chi connectivity index (χ1n) is 8.56. The van der Waals surface area contributed by atoms with E-state index in [0.29, 0.717) is 6.42 Å². The Morgan fingerprint density at radius 2 is 2.04 bits per heavy atom. The highest BCUT2D eigenvalue weighted by Gasteiger charge is 2.21. The first-order valence-corrected chi connectivity index (χ1v) is 9.50. The van der Waals surface area contributed by atoms with Gasteiger partial charge in [-0.3, -0.25) is 4.79 Å². The summed E-state index contributed by atoms with van der Waals surface area (Å²) in [6.07, 6.45) is 0.354. The highest BCUT2D eigenvalue weighted by atomic mass is 32.1. The van der Waals surface area contributed by atoms with Crippen LogP contribution in [-0.4, -0.2) is 44.0 Å². The van der Waals surface area contributed by atoms with Gasteiger partial charge in [0.15, 0.2) is 0 Å². The summed E-state index contributed by atoms with van der Waals surface area (Å²) in [6.45, 7) is 5.70. The molecule has 0 radical (unpaired) electrons. The summed E-state index contributed by atoms with van der Waals surface area (Å²) in [5.41, 5.74) is 2.86. The van der Waals surface area contributed by atoms with Gasteiger partial charge in [0, 0.05) is 37.4 Å². The Balaban J connectivity index is 1.73. The number of benzene rings is 1. The van der Waals surface area contributed by atoms with Crippen LogP contribution < -0.4 is 10.2 Å². The normalized spacial score (nSPS) is 16.7. The van der Waals surface area contributed by atoms with Gasteiger partial charge in [0.05, 0.1) is 12.5 Å². The Bertz CT molecular complexity index is 711. The standard InChI is InChI=1S/C19H24FN3OS/c1-14(21-19(24)11-15-5-10-25-13-15)17-12-16(20)3-4-18(17)23-8-6-22(2)7-9-23/h3-5,10,12-14H,6-9,11H2,1-2H3,(H,21,24)/t14-/m0/s1. The Labute approximate surface area is 152 Å². The summed E-state index contributed by atoms with van der Waals surface area (Å²) >= 11 is 1.58. The van der Waals surface area contributed by atoms with E-state index in [9.17, 15) is 9.18 Å². The van der Waals surface area contributed by atoms with E-state index in [4.69, 9.17) is 0 Å². The third kappa shape index (κ3) is 4.58. The summed E-state index contributed by atoms with van der Waals surface area (Å²) in [4.78, 5) is 16.8. The average molecular weight is 361 g/mol. The van der Waals surface area contributed by atoms with Crippen molar-refractivity contribution in [3.05, 3.63) is 52.0 Å². The van der Waals surface area contributed by atoms with Crippen LogP contribution in [0.3, 0.4) is 0 Å². The lowest BCUT2D eigenvalue weighted by Crippen LogP contribution is -2.45. The fraction of sp³-hybridized carbons (Fsp3) is 0.421. The molecule has 1 saturated heterocycles. The van der Waals surface area contributed by atoms with Gasteiger partial charge in [0.2, 0.25) is 5.91 Å². The molecule has 134 valence electrons. The molecule has 2 heterocycles. The van der Waals surface area contributed by atoms with Crippen LogP contribution in [0, 0.1) is 5.82 Å². The average Bonchev–Trinajstić information content (AvgIpc) is 3.08. The van der Waals surface area contributed by atoms with E-state index >= 15 is 0 Å². The smallest absolute Gasteiger partial charge is 0.224 e. The zero-order chi connectivity index (χ0) is 17.8. The number of halogens is 1. The van der Waals surface area contributed by atoms with Gasteiger partial charge < -0.3 is 15.1 Å². The Morgan fingerprint density at radius 1 is 1.28 bits per heavy atom. The van der Waals surface area contributed by atoms with Crippen molar-refractivity contribution in [3.63, 3.8) is 0 Å². The molecule has 4 nitrogen and oxygen atoms in total. The Kier molecular flexibility index (Phi) is 5.71. The van der Waals surface area contributed by atoms with Crippen LogP contribution in [0.5, 0.6) is 0 Å². The van der Waals surface area contributed by atoms with Gasteiger partial charge in [0.1, 0.15) is 5.82 Å². The number of carbonyl (C=O) groups is 1. The quantitative estimate of drug-likeness (QED) is 0.889. The maximum Gasteiger partial charge on any atom is 0.224 e. The van der Waals surface area contributed by atoms with Crippen LogP contribution in [0.2, 0.25) is 0 Å². The highest BCUT2D eigenvalue weighted by Crippen LogP contribution is 2.28. The SMILES string of the molecule is C[C@H](NC(=O)Cc1ccsc1)c1cc(F)ccc1N1CCN(C)CC1. The van der Waals surface area contributed by atoms with Crippen molar-refractivity contribution in [1.82, 2.24) is 10.2 Å². The number of nitrogens with zero attached hydrogens (tertiary/aromatic N) is 2. The second kappa shape index (κ2) is 7.97. The van der Waals surface area contributed by atoms with Gasteiger partial charge in [-0.05, 0) is 54.6 Å². The van der Waals surface area contributed by atoms with Crippen LogP contribution in [0.25, 0.3) is 0 Å². The highest BCUT2D eigenvalue weighted by molar-refractivity contribution is 7.08. The lowest BCUT2D eigenvalue weighted by Gasteiger charge is -2.36. The predicted octanol–water partition coefficient (Wildman–Crippen LogP) is 3.06. The fourth-order valence-corrected chi connectivity index (χ4v) is 3.83. The number of thiophene rings is 1. The lowest BCUT2D eigenvalue weighted by molar-refractivity contribution is -0.121. The summed E-state index contributed by atoms with van der Waals surface area (Å²) < 4.78 is 13.8. The lowest BCUT2D eigenvalue weighted by atomic mass is 10.0. The van der Waals surface area contributed by atoms with Crippen molar-refractivity contribution in [2.45, 2.75) is 19.4 Å². The van der Waals surface area contributed by atoms with Crippen molar-refractivity contribution in [2.24, 2.45) is 0 Å². The molecule has 1 aliphatic heterocycles. The molecule has 6 heteroatoms. The Hall–Kier alpha value is -1.92. The van der Waals surface area contributed by atoms with Gasteiger partial charge in [-0.25, -0.2) is 4.39 Å². The number of rotatable bonds is 5. The minimum Gasteiger partial charge on any atom is -0.369 e. The topological polar surface area (TPSA) is 35.6 Å². The third-order valence-corrected chi connectivity index (χ3v) is 5.35.